The van der Waals surface area contributed by atoms with E-state index in [-0.39, 0.29) is 6.61 Å². The van der Waals surface area contributed by atoms with Crippen molar-refractivity contribution in [2.24, 2.45) is 0 Å². The minimum Gasteiger partial charge on any atom is -0.465 e. The van der Waals surface area contributed by atoms with Gasteiger partial charge in [0.2, 0.25) is 0 Å². The van der Waals surface area contributed by atoms with Crippen LogP contribution in [0.4, 0.5) is 4.79 Å². The van der Waals surface area contributed by atoms with Gasteiger partial charge in [0.1, 0.15) is 12.4 Å². The average molecular weight is 295 g/mol. The maximum Gasteiger partial charge on any atom is 0.406 e. The lowest BCUT2D eigenvalue weighted by molar-refractivity contribution is -0.0769. The third-order valence-corrected chi connectivity index (χ3v) is 3.24. The Hall–Kier alpha value is -1.75. The Kier molecular flexibility index (Phi) is 7.61. The first-order valence-corrected chi connectivity index (χ1v) is 7.29. The van der Waals surface area contributed by atoms with Crippen LogP contribution >= 0.6 is 0 Å². The molecule has 1 aromatic carbocycles. The van der Waals surface area contributed by atoms with Crippen molar-refractivity contribution >= 4 is 6.09 Å². The molecule has 2 unspecified atom stereocenters. The van der Waals surface area contributed by atoms with Crippen molar-refractivity contribution in [1.82, 2.24) is 5.32 Å². The molecule has 0 aliphatic rings. The average Bonchev–Trinajstić information content (AvgIpc) is 2.51. The first-order valence-electron chi connectivity index (χ1n) is 7.29. The summed E-state index contributed by atoms with van der Waals surface area (Å²) in [6, 6.07) is 8.04. The number of carbonyl (C=O) groups is 1. The first kappa shape index (κ1) is 17.3. The molecule has 1 aromatic rings. The second-order valence-electron chi connectivity index (χ2n) is 4.82. The molecular weight excluding hydrogens is 270 g/mol. The highest BCUT2D eigenvalue weighted by Gasteiger charge is 2.07. The molecule has 21 heavy (non-hydrogen) atoms. The summed E-state index contributed by atoms with van der Waals surface area (Å²) >= 11 is 0. The number of benzene rings is 1. The lowest BCUT2D eigenvalue weighted by Crippen LogP contribution is -2.24. The van der Waals surface area contributed by atoms with E-state index in [4.69, 9.17) is 14.2 Å². The number of hydrogen-bond acceptors (Lipinski definition) is 4. The molecule has 1 amide bonds. The highest BCUT2D eigenvalue weighted by atomic mass is 16.7. The van der Waals surface area contributed by atoms with Gasteiger partial charge in [0, 0.05) is 7.05 Å². The summed E-state index contributed by atoms with van der Waals surface area (Å²) in [5, 5.41) is 2.36. The van der Waals surface area contributed by atoms with Crippen LogP contribution in [0.3, 0.4) is 0 Å². The van der Waals surface area contributed by atoms with Crippen molar-refractivity contribution in [3.8, 4) is 5.75 Å². The van der Waals surface area contributed by atoms with Crippen molar-refractivity contribution in [2.75, 3.05) is 20.3 Å². The minimum atomic E-state index is -0.465. The van der Waals surface area contributed by atoms with Crippen LogP contribution in [-0.2, 0) is 9.47 Å². The summed E-state index contributed by atoms with van der Waals surface area (Å²) in [5.74, 6) is 1.32. The van der Waals surface area contributed by atoms with Crippen LogP contribution in [0.25, 0.3) is 0 Å². The molecule has 0 radical (unpaired) electrons. The van der Waals surface area contributed by atoms with Crippen LogP contribution < -0.4 is 10.1 Å². The maximum atomic E-state index is 10.8. The van der Waals surface area contributed by atoms with Gasteiger partial charge in [0.25, 0.3) is 0 Å². The monoisotopic (exact) mass is 295 g/mol. The van der Waals surface area contributed by atoms with Crippen molar-refractivity contribution < 1.29 is 19.0 Å². The molecule has 1 N–H and O–H groups in total. The smallest absolute Gasteiger partial charge is 0.406 e. The van der Waals surface area contributed by atoms with Gasteiger partial charge in [0.15, 0.2) is 6.29 Å². The van der Waals surface area contributed by atoms with Gasteiger partial charge in [-0.1, -0.05) is 26.0 Å². The predicted molar refractivity (Wildman–Crippen MR) is 81.6 cm³/mol. The van der Waals surface area contributed by atoms with E-state index in [1.807, 2.05) is 19.1 Å². The molecule has 1 rings (SSSR count). The highest BCUT2D eigenvalue weighted by Crippen LogP contribution is 2.22. The van der Waals surface area contributed by atoms with E-state index in [2.05, 4.69) is 31.3 Å². The Balaban J connectivity index is 2.31. The number of carbonyl (C=O) groups excluding carboxylic acids is 1. The molecule has 0 aromatic heterocycles. The van der Waals surface area contributed by atoms with E-state index < -0.39 is 12.4 Å². The number of nitrogens with one attached hydrogen (secondary N) is 1. The molecule has 0 spiro atoms. The van der Waals surface area contributed by atoms with Crippen LogP contribution in [0.1, 0.15) is 38.7 Å². The summed E-state index contributed by atoms with van der Waals surface area (Å²) in [6.07, 6.45) is 0.256. The number of amides is 1. The van der Waals surface area contributed by atoms with Gasteiger partial charge in [-0.15, -0.1) is 0 Å². The van der Waals surface area contributed by atoms with E-state index in [1.54, 1.807) is 0 Å². The van der Waals surface area contributed by atoms with Gasteiger partial charge in [0.05, 0.1) is 6.61 Å². The normalized spacial score (nSPS) is 13.3. The van der Waals surface area contributed by atoms with Gasteiger partial charge in [-0.25, -0.2) is 4.79 Å². The predicted octanol–water partition coefficient (Wildman–Crippen LogP) is 3.30. The zero-order valence-corrected chi connectivity index (χ0v) is 13.2. The van der Waals surface area contributed by atoms with Gasteiger partial charge in [-0.05, 0) is 37.0 Å². The summed E-state index contributed by atoms with van der Waals surface area (Å²) in [6.45, 7) is 6.67. The molecule has 0 aliphatic heterocycles. The van der Waals surface area contributed by atoms with Gasteiger partial charge in [-0.3, -0.25) is 0 Å². The van der Waals surface area contributed by atoms with Crippen molar-refractivity contribution in [3.63, 3.8) is 0 Å². The third-order valence-electron chi connectivity index (χ3n) is 3.24. The summed E-state index contributed by atoms with van der Waals surface area (Å²) < 4.78 is 15.9. The molecule has 0 saturated heterocycles. The molecule has 5 heteroatoms. The van der Waals surface area contributed by atoms with E-state index in [0.717, 1.165) is 12.2 Å². The zero-order valence-electron chi connectivity index (χ0n) is 13.2. The van der Waals surface area contributed by atoms with Gasteiger partial charge >= 0.3 is 6.09 Å². The van der Waals surface area contributed by atoms with Crippen molar-refractivity contribution in [2.45, 2.75) is 39.4 Å². The fourth-order valence-corrected chi connectivity index (χ4v) is 1.76. The molecular formula is C16H25NO4. The Morgan fingerprint density at radius 1 is 1.19 bits per heavy atom. The summed E-state index contributed by atoms with van der Waals surface area (Å²) in [5.41, 5.74) is 1.30. The molecule has 0 bridgehead atoms. The molecule has 118 valence electrons. The minimum absolute atomic E-state index is 0.195. The van der Waals surface area contributed by atoms with Crippen LogP contribution in [0.2, 0.25) is 0 Å². The fraction of sp³-hybridized carbons (Fsp3) is 0.562. The highest BCUT2D eigenvalue weighted by molar-refractivity contribution is 5.66. The quantitative estimate of drug-likeness (QED) is 0.590. The summed E-state index contributed by atoms with van der Waals surface area (Å²) in [7, 11) is 1.51. The molecule has 0 saturated carbocycles. The Bertz CT molecular complexity index is 419. The number of hydrogen-bond donors (Lipinski definition) is 1. The lowest BCUT2D eigenvalue weighted by atomic mass is 9.99. The standard InChI is InChI=1S/C16H25NO4/c1-5-12(2)14-6-8-15(9-7-14)21-13(3)19-10-11-20-16(18)17-4/h6-9,12-13H,5,10-11H2,1-4H3,(H,17,18). The van der Waals surface area contributed by atoms with Crippen molar-refractivity contribution in [3.05, 3.63) is 29.8 Å². The number of ether oxygens (including phenoxy) is 3. The number of alkyl carbamates (subject to hydrolysis) is 1. The van der Waals surface area contributed by atoms with E-state index in [9.17, 15) is 4.79 Å². The molecule has 0 heterocycles. The Morgan fingerprint density at radius 2 is 1.86 bits per heavy atom. The van der Waals surface area contributed by atoms with Crippen LogP contribution in [0.5, 0.6) is 5.75 Å². The SMILES string of the molecule is CCC(C)c1ccc(OC(C)OCCOC(=O)NC)cc1. The van der Waals surface area contributed by atoms with Crippen LogP contribution in [-0.4, -0.2) is 32.6 Å². The maximum absolute atomic E-state index is 10.8. The third kappa shape index (κ3) is 6.49. The van der Waals surface area contributed by atoms with E-state index in [0.29, 0.717) is 12.5 Å². The molecule has 2 atom stereocenters. The summed E-state index contributed by atoms with van der Waals surface area (Å²) in [4.78, 5) is 10.8. The Labute approximate surface area is 126 Å². The molecule has 0 aliphatic carbocycles. The Morgan fingerprint density at radius 3 is 2.43 bits per heavy atom. The van der Waals surface area contributed by atoms with E-state index >= 15 is 0 Å². The number of rotatable bonds is 8. The van der Waals surface area contributed by atoms with Crippen LogP contribution in [0.15, 0.2) is 24.3 Å². The van der Waals surface area contributed by atoms with E-state index in [1.165, 1.54) is 12.6 Å². The first-order chi connectivity index (χ1) is 10.1. The van der Waals surface area contributed by atoms with Crippen LogP contribution in [0, 0.1) is 0 Å². The van der Waals surface area contributed by atoms with Gasteiger partial charge in [-0.2, -0.15) is 0 Å². The largest absolute Gasteiger partial charge is 0.465 e. The zero-order chi connectivity index (χ0) is 15.7. The van der Waals surface area contributed by atoms with Crippen molar-refractivity contribution in [1.29, 1.82) is 0 Å². The topological polar surface area (TPSA) is 56.8 Å². The second-order valence-corrected chi connectivity index (χ2v) is 4.82. The molecule has 5 nitrogen and oxygen atoms in total. The fourth-order valence-electron chi connectivity index (χ4n) is 1.76. The molecule has 0 fully saturated rings. The second kappa shape index (κ2) is 9.23. The van der Waals surface area contributed by atoms with Gasteiger partial charge < -0.3 is 19.5 Å². The lowest BCUT2D eigenvalue weighted by Gasteiger charge is -2.16.